The minimum Gasteiger partial charge on any atom is -0.274 e. The molecule has 0 saturated heterocycles. The van der Waals surface area contributed by atoms with Crippen LogP contribution in [0.4, 0.5) is 0 Å². The Morgan fingerprint density at radius 2 is 1.81 bits per heavy atom. The molecule has 106 valence electrons. The quantitative estimate of drug-likeness (QED) is 0.690. The van der Waals surface area contributed by atoms with Crippen molar-refractivity contribution in [3.8, 4) is 5.69 Å². The van der Waals surface area contributed by atoms with Gasteiger partial charge in [0.15, 0.2) is 5.16 Å². The Kier molecular flexibility index (Phi) is 4.01. The van der Waals surface area contributed by atoms with Crippen molar-refractivity contribution in [2.24, 2.45) is 0 Å². The van der Waals surface area contributed by atoms with Crippen molar-refractivity contribution in [2.75, 3.05) is 0 Å². The molecule has 0 aliphatic carbocycles. The standard InChI is InChI=1S/C16H16N4S/c1-12-7-3-4-9-15(12)20-13(2)18-19-16(20)21-11-14-8-5-6-10-17-14/h3-10H,11H2,1-2H3. The first-order chi connectivity index (χ1) is 10.3. The number of hydrogen-bond acceptors (Lipinski definition) is 4. The zero-order valence-corrected chi connectivity index (χ0v) is 12.8. The average molecular weight is 296 g/mol. The molecule has 4 nitrogen and oxygen atoms in total. The molecule has 1 aromatic carbocycles. The SMILES string of the molecule is Cc1ccccc1-n1c(C)nnc1SCc1ccccn1. The summed E-state index contributed by atoms with van der Waals surface area (Å²) in [6, 6.07) is 14.2. The van der Waals surface area contributed by atoms with Crippen molar-refractivity contribution >= 4 is 11.8 Å². The third-order valence-electron chi connectivity index (χ3n) is 3.23. The zero-order chi connectivity index (χ0) is 14.7. The predicted octanol–water partition coefficient (Wildman–Crippen LogP) is 3.57. The molecule has 0 spiro atoms. The summed E-state index contributed by atoms with van der Waals surface area (Å²) in [4.78, 5) is 4.34. The maximum absolute atomic E-state index is 4.34. The zero-order valence-electron chi connectivity index (χ0n) is 12.0. The summed E-state index contributed by atoms with van der Waals surface area (Å²) in [5.74, 6) is 1.68. The third-order valence-corrected chi connectivity index (χ3v) is 4.19. The van der Waals surface area contributed by atoms with Crippen LogP contribution in [0.3, 0.4) is 0 Å². The molecule has 0 bridgehead atoms. The first kappa shape index (κ1) is 13.8. The highest BCUT2D eigenvalue weighted by Crippen LogP contribution is 2.25. The van der Waals surface area contributed by atoms with E-state index >= 15 is 0 Å². The summed E-state index contributed by atoms with van der Waals surface area (Å²) in [5.41, 5.74) is 3.38. The number of rotatable bonds is 4. The molecular weight excluding hydrogens is 280 g/mol. The lowest BCUT2D eigenvalue weighted by Crippen LogP contribution is -2.01. The first-order valence-electron chi connectivity index (χ1n) is 6.76. The molecule has 3 rings (SSSR count). The first-order valence-corrected chi connectivity index (χ1v) is 7.75. The summed E-state index contributed by atoms with van der Waals surface area (Å²) < 4.78 is 2.10. The van der Waals surface area contributed by atoms with E-state index in [-0.39, 0.29) is 0 Å². The van der Waals surface area contributed by atoms with E-state index in [1.807, 2.05) is 43.5 Å². The van der Waals surface area contributed by atoms with Gasteiger partial charge >= 0.3 is 0 Å². The highest BCUT2D eigenvalue weighted by molar-refractivity contribution is 7.98. The Balaban J connectivity index is 1.89. The van der Waals surface area contributed by atoms with Crippen LogP contribution >= 0.6 is 11.8 Å². The number of para-hydroxylation sites is 1. The van der Waals surface area contributed by atoms with Gasteiger partial charge in [-0.15, -0.1) is 10.2 Å². The Hall–Kier alpha value is -2.14. The van der Waals surface area contributed by atoms with E-state index in [9.17, 15) is 0 Å². The van der Waals surface area contributed by atoms with Crippen molar-refractivity contribution in [3.05, 3.63) is 65.7 Å². The Bertz CT molecular complexity index is 737. The maximum Gasteiger partial charge on any atom is 0.196 e. The predicted molar refractivity (Wildman–Crippen MR) is 84.6 cm³/mol. The second-order valence-corrected chi connectivity index (χ2v) is 5.70. The molecule has 0 atom stereocenters. The largest absolute Gasteiger partial charge is 0.274 e. The molecular formula is C16H16N4S. The summed E-state index contributed by atoms with van der Waals surface area (Å²) in [5, 5.41) is 9.41. The molecule has 2 heterocycles. The minimum atomic E-state index is 0.783. The highest BCUT2D eigenvalue weighted by atomic mass is 32.2. The third kappa shape index (κ3) is 2.97. The van der Waals surface area contributed by atoms with Crippen LogP contribution in [0, 0.1) is 13.8 Å². The van der Waals surface area contributed by atoms with E-state index in [1.165, 1.54) is 5.56 Å². The second kappa shape index (κ2) is 6.10. The molecule has 0 amide bonds. The van der Waals surface area contributed by atoms with Crippen molar-refractivity contribution in [1.82, 2.24) is 19.7 Å². The number of nitrogens with zero attached hydrogens (tertiary/aromatic N) is 4. The van der Waals surface area contributed by atoms with Crippen molar-refractivity contribution in [3.63, 3.8) is 0 Å². The number of hydrogen-bond donors (Lipinski definition) is 0. The number of aromatic nitrogens is 4. The van der Waals surface area contributed by atoms with E-state index in [2.05, 4.69) is 38.8 Å². The van der Waals surface area contributed by atoms with E-state index in [0.29, 0.717) is 0 Å². The van der Waals surface area contributed by atoms with Crippen molar-refractivity contribution in [1.29, 1.82) is 0 Å². The molecule has 0 N–H and O–H groups in total. The molecule has 0 aliphatic heterocycles. The molecule has 5 heteroatoms. The smallest absolute Gasteiger partial charge is 0.196 e. The van der Waals surface area contributed by atoms with Gasteiger partial charge in [-0.3, -0.25) is 9.55 Å². The minimum absolute atomic E-state index is 0.783. The summed E-state index contributed by atoms with van der Waals surface area (Å²) >= 11 is 1.65. The molecule has 0 unspecified atom stereocenters. The van der Waals surface area contributed by atoms with Crippen LogP contribution in [0.2, 0.25) is 0 Å². The van der Waals surface area contributed by atoms with Gasteiger partial charge in [-0.2, -0.15) is 0 Å². The lowest BCUT2D eigenvalue weighted by Gasteiger charge is -2.10. The van der Waals surface area contributed by atoms with Gasteiger partial charge in [-0.05, 0) is 37.6 Å². The molecule has 0 radical (unpaired) electrons. The van der Waals surface area contributed by atoms with Gasteiger partial charge in [-0.25, -0.2) is 0 Å². The molecule has 2 aromatic heterocycles. The van der Waals surface area contributed by atoms with Crippen LogP contribution in [0.1, 0.15) is 17.1 Å². The van der Waals surface area contributed by atoms with Gasteiger partial charge in [0.25, 0.3) is 0 Å². The lowest BCUT2D eigenvalue weighted by atomic mass is 10.2. The van der Waals surface area contributed by atoms with Gasteiger partial charge in [0, 0.05) is 11.9 Å². The fourth-order valence-electron chi connectivity index (χ4n) is 2.15. The molecule has 0 fully saturated rings. The number of thioether (sulfide) groups is 1. The fourth-order valence-corrected chi connectivity index (χ4v) is 3.06. The van der Waals surface area contributed by atoms with Crippen LogP contribution < -0.4 is 0 Å². The lowest BCUT2D eigenvalue weighted by molar-refractivity contribution is 0.861. The Labute approximate surface area is 128 Å². The average Bonchev–Trinajstić information content (AvgIpc) is 2.88. The van der Waals surface area contributed by atoms with Crippen molar-refractivity contribution < 1.29 is 0 Å². The maximum atomic E-state index is 4.34. The van der Waals surface area contributed by atoms with Crippen LogP contribution in [0.25, 0.3) is 5.69 Å². The van der Waals surface area contributed by atoms with Gasteiger partial charge in [0.2, 0.25) is 0 Å². The topological polar surface area (TPSA) is 43.6 Å². The summed E-state index contributed by atoms with van der Waals surface area (Å²) in [6.07, 6.45) is 1.81. The highest BCUT2D eigenvalue weighted by Gasteiger charge is 2.13. The van der Waals surface area contributed by atoms with Gasteiger partial charge in [0.05, 0.1) is 11.4 Å². The van der Waals surface area contributed by atoms with Crippen LogP contribution in [-0.2, 0) is 5.75 Å². The van der Waals surface area contributed by atoms with Gasteiger partial charge in [0.1, 0.15) is 5.82 Å². The van der Waals surface area contributed by atoms with E-state index in [0.717, 1.165) is 28.1 Å². The van der Waals surface area contributed by atoms with Crippen LogP contribution in [0.15, 0.2) is 53.8 Å². The monoisotopic (exact) mass is 296 g/mol. The van der Waals surface area contributed by atoms with E-state index < -0.39 is 0 Å². The molecule has 3 aromatic rings. The van der Waals surface area contributed by atoms with Crippen molar-refractivity contribution in [2.45, 2.75) is 24.8 Å². The number of benzene rings is 1. The fraction of sp³-hybridized carbons (Fsp3) is 0.188. The normalized spacial score (nSPS) is 10.8. The number of pyridine rings is 1. The molecule has 21 heavy (non-hydrogen) atoms. The van der Waals surface area contributed by atoms with Gasteiger partial charge in [-0.1, -0.05) is 36.0 Å². The van der Waals surface area contributed by atoms with E-state index in [4.69, 9.17) is 0 Å². The summed E-state index contributed by atoms with van der Waals surface area (Å²) in [6.45, 7) is 4.08. The van der Waals surface area contributed by atoms with Crippen LogP contribution in [0.5, 0.6) is 0 Å². The van der Waals surface area contributed by atoms with Crippen LogP contribution in [-0.4, -0.2) is 19.7 Å². The van der Waals surface area contributed by atoms with E-state index in [1.54, 1.807) is 11.8 Å². The second-order valence-electron chi connectivity index (χ2n) is 4.76. The number of aryl methyl sites for hydroxylation is 2. The Morgan fingerprint density at radius 1 is 1.00 bits per heavy atom. The Morgan fingerprint density at radius 3 is 2.57 bits per heavy atom. The summed E-state index contributed by atoms with van der Waals surface area (Å²) in [7, 11) is 0. The van der Waals surface area contributed by atoms with Gasteiger partial charge < -0.3 is 0 Å². The molecule has 0 aliphatic rings. The molecule has 0 saturated carbocycles.